The molecular formula is C18H22N2O3S2. The summed E-state index contributed by atoms with van der Waals surface area (Å²) in [5, 5.41) is 12.1. The van der Waals surface area contributed by atoms with Gasteiger partial charge in [0.2, 0.25) is 0 Å². The van der Waals surface area contributed by atoms with Crippen LogP contribution in [0.4, 0.5) is 5.69 Å². The van der Waals surface area contributed by atoms with Gasteiger partial charge in [0.1, 0.15) is 0 Å². The van der Waals surface area contributed by atoms with E-state index in [-0.39, 0.29) is 11.9 Å². The largest absolute Gasteiger partial charge is 0.453 e. The number of rotatable bonds is 8. The third-order valence-electron chi connectivity index (χ3n) is 3.84. The number of ether oxygens (including phenoxy) is 1. The average Bonchev–Trinajstić information content (AvgIpc) is 3.12. The third-order valence-corrected chi connectivity index (χ3v) is 6.85. The molecule has 0 radical (unpaired) electrons. The number of hydrogen-bond acceptors (Lipinski definition) is 6. The summed E-state index contributed by atoms with van der Waals surface area (Å²) >= 11 is 0. The summed E-state index contributed by atoms with van der Waals surface area (Å²) in [5.41, 5.74) is 1.09. The molecule has 1 N–H and O–H groups in total. The minimum absolute atomic E-state index is 0.337. The number of nitrogens with one attached hydrogen (secondary N) is 1. The van der Waals surface area contributed by atoms with Crippen LogP contribution in [0.1, 0.15) is 44.6 Å². The van der Waals surface area contributed by atoms with Crippen LogP contribution in [0, 0.1) is 11.3 Å². The zero-order chi connectivity index (χ0) is 18.1. The molecule has 0 spiro atoms. The van der Waals surface area contributed by atoms with E-state index in [2.05, 4.69) is 5.32 Å². The standard InChI is InChI=1S/C18H22N2O3S2/c1-13(18(22)20-15-8-6-14(12-19)7-9-15)23-17(21)5-3-2-4-16-10-11-24-25-16/h6-9,13,16H,2-5,10-11H2,1H3,(H,20,22)/t13-,16+/m1/s1. The molecule has 1 heterocycles. The normalized spacial score (nSPS) is 17.5. The zero-order valence-electron chi connectivity index (χ0n) is 14.2. The van der Waals surface area contributed by atoms with E-state index in [9.17, 15) is 9.59 Å². The van der Waals surface area contributed by atoms with Crippen molar-refractivity contribution in [2.24, 2.45) is 0 Å². The first-order chi connectivity index (χ1) is 12.1. The van der Waals surface area contributed by atoms with E-state index in [1.54, 1.807) is 31.2 Å². The van der Waals surface area contributed by atoms with Gasteiger partial charge in [-0.25, -0.2) is 0 Å². The number of nitrogens with zero attached hydrogens (tertiary/aromatic N) is 1. The second-order valence-corrected chi connectivity index (χ2v) is 8.67. The summed E-state index contributed by atoms with van der Waals surface area (Å²) in [7, 11) is 3.87. The maximum absolute atomic E-state index is 12.0. The van der Waals surface area contributed by atoms with Crippen LogP contribution < -0.4 is 5.32 Å². The maximum atomic E-state index is 12.0. The van der Waals surface area contributed by atoms with Gasteiger partial charge in [-0.15, -0.1) is 0 Å². The second-order valence-electron chi connectivity index (χ2n) is 5.89. The number of unbranched alkanes of at least 4 members (excludes halogenated alkanes) is 1. The molecule has 1 aliphatic heterocycles. The number of hydrogen-bond donors (Lipinski definition) is 1. The van der Waals surface area contributed by atoms with Gasteiger partial charge in [-0.1, -0.05) is 28.0 Å². The topological polar surface area (TPSA) is 79.2 Å². The van der Waals surface area contributed by atoms with Crippen LogP contribution in [0.5, 0.6) is 0 Å². The Labute approximate surface area is 156 Å². The highest BCUT2D eigenvalue weighted by Gasteiger charge is 2.19. The molecular weight excluding hydrogens is 356 g/mol. The summed E-state index contributed by atoms with van der Waals surface area (Å²) in [6, 6.07) is 8.54. The first kappa shape index (κ1) is 19.7. The molecule has 2 rings (SSSR count). The number of benzene rings is 1. The van der Waals surface area contributed by atoms with Gasteiger partial charge in [0.15, 0.2) is 6.10 Å². The van der Waals surface area contributed by atoms with Crippen molar-refractivity contribution in [3.05, 3.63) is 29.8 Å². The van der Waals surface area contributed by atoms with E-state index >= 15 is 0 Å². The number of anilines is 1. The summed E-state index contributed by atoms with van der Waals surface area (Å²) in [4.78, 5) is 23.9. The Morgan fingerprint density at radius 3 is 2.76 bits per heavy atom. The lowest BCUT2D eigenvalue weighted by Gasteiger charge is -2.14. The van der Waals surface area contributed by atoms with Crippen molar-refractivity contribution in [2.75, 3.05) is 11.1 Å². The fourth-order valence-electron chi connectivity index (χ4n) is 2.39. The highest BCUT2D eigenvalue weighted by Crippen LogP contribution is 2.39. The van der Waals surface area contributed by atoms with E-state index in [4.69, 9.17) is 10.00 Å². The molecule has 1 fully saturated rings. The molecule has 0 bridgehead atoms. The van der Waals surface area contributed by atoms with Crippen LogP contribution in [-0.2, 0) is 14.3 Å². The van der Waals surface area contributed by atoms with Crippen molar-refractivity contribution in [3.63, 3.8) is 0 Å². The third kappa shape index (κ3) is 7.00. The summed E-state index contributed by atoms with van der Waals surface area (Å²) < 4.78 is 5.19. The highest BCUT2D eigenvalue weighted by molar-refractivity contribution is 8.77. The SMILES string of the molecule is C[C@@H](OC(=O)CCCC[C@H]1CCSS1)C(=O)Nc1ccc(C#N)cc1. The van der Waals surface area contributed by atoms with E-state index in [1.807, 2.05) is 27.7 Å². The van der Waals surface area contributed by atoms with Gasteiger partial charge < -0.3 is 10.1 Å². The van der Waals surface area contributed by atoms with Crippen molar-refractivity contribution in [3.8, 4) is 6.07 Å². The molecule has 1 amide bonds. The molecule has 134 valence electrons. The van der Waals surface area contributed by atoms with Gasteiger partial charge in [0.25, 0.3) is 5.91 Å². The summed E-state index contributed by atoms with van der Waals surface area (Å²) in [6.07, 6.45) is 3.71. The molecule has 1 saturated heterocycles. The molecule has 0 unspecified atom stereocenters. The smallest absolute Gasteiger partial charge is 0.306 e. The van der Waals surface area contributed by atoms with Crippen molar-refractivity contribution in [1.82, 2.24) is 0 Å². The molecule has 5 nitrogen and oxygen atoms in total. The Balaban J connectivity index is 1.64. The molecule has 0 aromatic heterocycles. The summed E-state index contributed by atoms with van der Waals surface area (Å²) in [6.45, 7) is 1.56. The predicted octanol–water partition coefficient (Wildman–Crippen LogP) is 4.14. The maximum Gasteiger partial charge on any atom is 0.306 e. The van der Waals surface area contributed by atoms with Gasteiger partial charge >= 0.3 is 5.97 Å². The minimum atomic E-state index is -0.843. The molecule has 7 heteroatoms. The summed E-state index contributed by atoms with van der Waals surface area (Å²) in [5.74, 6) is 0.511. The molecule has 2 atom stereocenters. The lowest BCUT2D eigenvalue weighted by atomic mass is 10.1. The van der Waals surface area contributed by atoms with Crippen LogP contribution in [0.15, 0.2) is 24.3 Å². The van der Waals surface area contributed by atoms with E-state index < -0.39 is 6.10 Å². The molecule has 0 aliphatic carbocycles. The van der Waals surface area contributed by atoms with Crippen LogP contribution in [-0.4, -0.2) is 29.0 Å². The quantitative estimate of drug-likeness (QED) is 0.416. The van der Waals surface area contributed by atoms with Crippen molar-refractivity contribution in [1.29, 1.82) is 5.26 Å². The second kappa shape index (κ2) is 10.4. The number of amides is 1. The average molecular weight is 379 g/mol. The lowest BCUT2D eigenvalue weighted by Crippen LogP contribution is -2.29. The number of carbonyl (C=O) groups is 2. The Kier molecular flexibility index (Phi) is 8.16. The van der Waals surface area contributed by atoms with Crippen molar-refractivity contribution in [2.45, 2.75) is 50.4 Å². The van der Waals surface area contributed by atoms with Gasteiger partial charge in [0, 0.05) is 23.1 Å². The number of carbonyl (C=O) groups excluding carboxylic acids is 2. The molecule has 1 aliphatic rings. The van der Waals surface area contributed by atoms with E-state index in [0.29, 0.717) is 17.7 Å². The van der Waals surface area contributed by atoms with Crippen LogP contribution in [0.25, 0.3) is 0 Å². The van der Waals surface area contributed by atoms with Gasteiger partial charge in [-0.05, 0) is 50.5 Å². The monoisotopic (exact) mass is 378 g/mol. The van der Waals surface area contributed by atoms with Crippen molar-refractivity contribution < 1.29 is 14.3 Å². The highest BCUT2D eigenvalue weighted by atomic mass is 33.1. The first-order valence-corrected chi connectivity index (χ1v) is 10.8. The van der Waals surface area contributed by atoms with Crippen LogP contribution in [0.3, 0.4) is 0 Å². The first-order valence-electron chi connectivity index (χ1n) is 8.37. The Morgan fingerprint density at radius 2 is 2.12 bits per heavy atom. The Morgan fingerprint density at radius 1 is 1.36 bits per heavy atom. The molecule has 1 aromatic carbocycles. The van der Waals surface area contributed by atoms with Gasteiger partial charge in [-0.2, -0.15) is 5.26 Å². The fourth-order valence-corrected chi connectivity index (χ4v) is 5.42. The van der Waals surface area contributed by atoms with Crippen LogP contribution >= 0.6 is 21.6 Å². The zero-order valence-corrected chi connectivity index (χ0v) is 15.8. The molecule has 25 heavy (non-hydrogen) atoms. The number of esters is 1. The molecule has 0 saturated carbocycles. The van der Waals surface area contributed by atoms with Gasteiger partial charge in [-0.3, -0.25) is 9.59 Å². The minimum Gasteiger partial charge on any atom is -0.453 e. The molecule has 1 aromatic rings. The number of nitriles is 1. The Hall–Kier alpha value is -1.65. The lowest BCUT2D eigenvalue weighted by molar-refractivity contribution is -0.153. The fraction of sp³-hybridized carbons (Fsp3) is 0.500. The van der Waals surface area contributed by atoms with Gasteiger partial charge in [0.05, 0.1) is 11.6 Å². The Bertz CT molecular complexity index is 622. The van der Waals surface area contributed by atoms with E-state index in [0.717, 1.165) is 24.5 Å². The van der Waals surface area contributed by atoms with E-state index in [1.165, 1.54) is 12.2 Å². The van der Waals surface area contributed by atoms with Crippen molar-refractivity contribution >= 4 is 39.2 Å². The van der Waals surface area contributed by atoms with Crippen LogP contribution in [0.2, 0.25) is 0 Å². The predicted molar refractivity (Wildman–Crippen MR) is 102 cm³/mol.